The Morgan fingerprint density at radius 3 is 2.22 bits per heavy atom. The third kappa shape index (κ3) is 3.03. The van der Waals surface area contributed by atoms with E-state index >= 15 is 0 Å². The highest BCUT2D eigenvalue weighted by Gasteiger charge is 2.21. The summed E-state index contributed by atoms with van der Waals surface area (Å²) in [5.74, 6) is -0.605. The van der Waals surface area contributed by atoms with Crippen LogP contribution in [0.3, 0.4) is 0 Å². The van der Waals surface area contributed by atoms with Gasteiger partial charge in [0, 0.05) is 6.42 Å². The van der Waals surface area contributed by atoms with E-state index in [1.807, 2.05) is 19.9 Å². The summed E-state index contributed by atoms with van der Waals surface area (Å²) in [5.41, 5.74) is 3.81. The molecule has 0 amide bonds. The van der Waals surface area contributed by atoms with Gasteiger partial charge in [0.15, 0.2) is 0 Å². The van der Waals surface area contributed by atoms with Gasteiger partial charge in [-0.25, -0.2) is 0 Å². The predicted molar refractivity (Wildman–Crippen MR) is 72.2 cm³/mol. The van der Waals surface area contributed by atoms with Crippen LogP contribution in [0.15, 0.2) is 6.07 Å². The van der Waals surface area contributed by atoms with Crippen molar-refractivity contribution in [3.63, 3.8) is 0 Å². The summed E-state index contributed by atoms with van der Waals surface area (Å²) in [4.78, 5) is 10.6. The molecule has 3 heteroatoms. The molecule has 2 N–H and O–H groups in total. The summed E-state index contributed by atoms with van der Waals surface area (Å²) in [6, 6.07) is 1.95. The number of phenols is 1. The van der Waals surface area contributed by atoms with Crippen LogP contribution in [0.5, 0.6) is 5.75 Å². The zero-order valence-electron chi connectivity index (χ0n) is 11.8. The van der Waals surface area contributed by atoms with Crippen molar-refractivity contribution in [1.29, 1.82) is 0 Å². The largest absolute Gasteiger partial charge is 0.507 e. The molecule has 0 bridgehead atoms. The topological polar surface area (TPSA) is 57.5 Å². The number of hydrogen-bond donors (Lipinski definition) is 2. The Balaban J connectivity index is 3.28. The minimum Gasteiger partial charge on any atom is -0.507 e. The van der Waals surface area contributed by atoms with Crippen molar-refractivity contribution in [2.75, 3.05) is 0 Å². The highest BCUT2D eigenvalue weighted by atomic mass is 16.4. The van der Waals surface area contributed by atoms with Crippen molar-refractivity contribution < 1.29 is 15.0 Å². The lowest BCUT2D eigenvalue weighted by molar-refractivity contribution is -0.136. The van der Waals surface area contributed by atoms with E-state index in [1.54, 1.807) is 0 Å². The van der Waals surface area contributed by atoms with Gasteiger partial charge in [0.1, 0.15) is 5.75 Å². The Kier molecular flexibility index (Phi) is 4.05. The Morgan fingerprint density at radius 1 is 1.22 bits per heavy atom. The molecule has 100 valence electrons. The van der Waals surface area contributed by atoms with Crippen molar-refractivity contribution in [3.05, 3.63) is 28.3 Å². The zero-order valence-corrected chi connectivity index (χ0v) is 11.8. The number of carbonyl (C=O) groups is 1. The average Bonchev–Trinajstić information content (AvgIpc) is 2.23. The number of aryl methyl sites for hydroxylation is 1. The summed E-state index contributed by atoms with van der Waals surface area (Å²) in [6.07, 6.45) is 0.408. The fourth-order valence-electron chi connectivity index (χ4n) is 2.18. The number of phenolic OH excluding ortho intramolecular Hbond substituents is 1. The van der Waals surface area contributed by atoms with Gasteiger partial charge in [-0.05, 0) is 47.9 Å². The third-order valence-corrected chi connectivity index (χ3v) is 3.36. The number of hydrogen-bond acceptors (Lipinski definition) is 2. The maximum atomic E-state index is 10.6. The number of carboxylic acid groups (broad SMARTS) is 1. The molecule has 0 spiro atoms. The van der Waals surface area contributed by atoms with E-state index in [0.29, 0.717) is 6.42 Å². The fraction of sp³-hybridized carbons (Fsp3) is 0.533. The zero-order chi connectivity index (χ0) is 14.1. The van der Waals surface area contributed by atoms with E-state index in [9.17, 15) is 9.90 Å². The van der Waals surface area contributed by atoms with Crippen LogP contribution in [0.4, 0.5) is 0 Å². The van der Waals surface area contributed by atoms with Crippen LogP contribution in [-0.4, -0.2) is 16.2 Å². The Bertz CT molecular complexity index is 468. The van der Waals surface area contributed by atoms with E-state index < -0.39 is 5.97 Å². The maximum absolute atomic E-state index is 10.6. The van der Waals surface area contributed by atoms with Crippen molar-refractivity contribution in [2.24, 2.45) is 0 Å². The molecule has 1 aromatic rings. The van der Waals surface area contributed by atoms with E-state index in [-0.39, 0.29) is 17.6 Å². The predicted octanol–water partition coefficient (Wildman–Crippen LogP) is 3.32. The molecule has 18 heavy (non-hydrogen) atoms. The van der Waals surface area contributed by atoms with Crippen LogP contribution in [0.1, 0.15) is 49.4 Å². The molecule has 0 radical (unpaired) electrons. The lowest BCUT2D eigenvalue weighted by atomic mass is 9.81. The fourth-order valence-corrected chi connectivity index (χ4v) is 2.18. The number of aromatic hydroxyl groups is 1. The lowest BCUT2D eigenvalue weighted by Gasteiger charge is -2.25. The Morgan fingerprint density at radius 2 is 1.78 bits per heavy atom. The first-order valence-corrected chi connectivity index (χ1v) is 6.19. The second kappa shape index (κ2) is 5.01. The summed E-state index contributed by atoms with van der Waals surface area (Å²) in [5, 5.41) is 18.8. The maximum Gasteiger partial charge on any atom is 0.303 e. The SMILES string of the molecule is Cc1c(C(C)(C)C)cc(CCC(=O)O)c(O)c1C. The molecule has 0 fully saturated rings. The molecule has 0 heterocycles. The molecule has 0 aliphatic carbocycles. The van der Waals surface area contributed by atoms with Gasteiger partial charge in [0.2, 0.25) is 0 Å². The van der Waals surface area contributed by atoms with Crippen LogP contribution in [0, 0.1) is 13.8 Å². The number of aliphatic carboxylic acids is 1. The molecule has 0 saturated heterocycles. The van der Waals surface area contributed by atoms with Gasteiger partial charge in [-0.1, -0.05) is 26.8 Å². The number of carboxylic acids is 1. The molecule has 1 rings (SSSR count). The first kappa shape index (κ1) is 14.6. The lowest BCUT2D eigenvalue weighted by Crippen LogP contribution is -2.15. The van der Waals surface area contributed by atoms with Gasteiger partial charge in [0.25, 0.3) is 0 Å². The monoisotopic (exact) mass is 250 g/mol. The number of rotatable bonds is 3. The molecule has 0 saturated carbocycles. The van der Waals surface area contributed by atoms with Gasteiger partial charge in [0.05, 0.1) is 0 Å². The second-order valence-electron chi connectivity index (χ2n) is 5.83. The summed E-state index contributed by atoms with van der Waals surface area (Å²) < 4.78 is 0. The van der Waals surface area contributed by atoms with Gasteiger partial charge >= 0.3 is 5.97 Å². The molecule has 0 aliphatic heterocycles. The van der Waals surface area contributed by atoms with Crippen molar-refractivity contribution in [3.8, 4) is 5.75 Å². The second-order valence-corrected chi connectivity index (χ2v) is 5.83. The first-order valence-electron chi connectivity index (χ1n) is 6.19. The van der Waals surface area contributed by atoms with E-state index in [0.717, 1.165) is 22.3 Å². The highest BCUT2D eigenvalue weighted by Crippen LogP contribution is 2.35. The quantitative estimate of drug-likeness (QED) is 0.865. The summed E-state index contributed by atoms with van der Waals surface area (Å²) >= 11 is 0. The van der Waals surface area contributed by atoms with Crippen LogP contribution < -0.4 is 0 Å². The molecular weight excluding hydrogens is 228 g/mol. The Labute approximate surface area is 108 Å². The van der Waals surface area contributed by atoms with E-state index in [2.05, 4.69) is 20.8 Å². The number of benzene rings is 1. The van der Waals surface area contributed by atoms with Crippen LogP contribution in [-0.2, 0) is 16.6 Å². The molecule has 1 aromatic carbocycles. The van der Waals surface area contributed by atoms with Crippen molar-refractivity contribution in [1.82, 2.24) is 0 Å². The smallest absolute Gasteiger partial charge is 0.303 e. The van der Waals surface area contributed by atoms with E-state index in [1.165, 1.54) is 0 Å². The minimum absolute atomic E-state index is 0.0134. The summed E-state index contributed by atoms with van der Waals surface area (Å²) in [6.45, 7) is 10.2. The Hall–Kier alpha value is -1.51. The highest BCUT2D eigenvalue weighted by molar-refractivity contribution is 5.67. The van der Waals surface area contributed by atoms with Gasteiger partial charge in [-0.2, -0.15) is 0 Å². The van der Waals surface area contributed by atoms with Gasteiger partial charge in [-0.15, -0.1) is 0 Å². The van der Waals surface area contributed by atoms with Crippen LogP contribution in [0.2, 0.25) is 0 Å². The van der Waals surface area contributed by atoms with Crippen LogP contribution >= 0.6 is 0 Å². The molecule has 0 unspecified atom stereocenters. The first-order chi connectivity index (χ1) is 8.14. The van der Waals surface area contributed by atoms with Crippen LogP contribution in [0.25, 0.3) is 0 Å². The molecule has 3 nitrogen and oxygen atoms in total. The van der Waals surface area contributed by atoms with E-state index in [4.69, 9.17) is 5.11 Å². The molecule has 0 atom stereocenters. The molecule has 0 aromatic heterocycles. The van der Waals surface area contributed by atoms with Gasteiger partial charge in [-0.3, -0.25) is 4.79 Å². The molecule has 0 aliphatic rings. The average molecular weight is 250 g/mol. The summed E-state index contributed by atoms with van der Waals surface area (Å²) in [7, 11) is 0. The third-order valence-electron chi connectivity index (χ3n) is 3.36. The minimum atomic E-state index is -0.843. The van der Waals surface area contributed by atoms with Crippen molar-refractivity contribution >= 4 is 5.97 Å². The molecular formula is C15H22O3. The van der Waals surface area contributed by atoms with Crippen molar-refractivity contribution in [2.45, 2.75) is 52.9 Å². The normalized spacial score (nSPS) is 11.6. The van der Waals surface area contributed by atoms with Gasteiger partial charge < -0.3 is 10.2 Å². The standard InChI is InChI=1S/C15H22O3/c1-9-10(2)14(18)11(6-7-13(16)17)8-12(9)15(3,4)5/h8,18H,6-7H2,1-5H3,(H,16,17).